The first kappa shape index (κ1) is 12.5. The fraction of sp³-hybridized carbons (Fsp3) is 0.917. The Labute approximate surface area is 92.8 Å². The molecule has 2 unspecified atom stereocenters. The van der Waals surface area contributed by atoms with Gasteiger partial charge in [-0.15, -0.1) is 0 Å². The predicted octanol–water partition coefficient (Wildman–Crippen LogP) is 1.66. The molecule has 1 amide bonds. The maximum Gasteiger partial charge on any atom is 0.237 e. The number of rotatable bonds is 4. The van der Waals surface area contributed by atoms with Crippen molar-refractivity contribution in [3.05, 3.63) is 0 Å². The molecule has 1 saturated carbocycles. The lowest BCUT2D eigenvalue weighted by molar-refractivity contribution is -0.123. The van der Waals surface area contributed by atoms with Crippen molar-refractivity contribution in [2.45, 2.75) is 58.5 Å². The predicted molar refractivity (Wildman–Crippen MR) is 62.4 cm³/mol. The standard InChI is InChI=1S/C12H24N2O/c1-8(2)7-10(13)12(15)14-11-6-4-5-9(11)3/h8-11H,4-7,13H2,1-3H3,(H,14,15)/t9?,10-,11?/m0/s1. The average Bonchev–Trinajstić information content (AvgIpc) is 2.50. The molecule has 3 N–H and O–H groups in total. The van der Waals surface area contributed by atoms with Crippen LogP contribution in [0.5, 0.6) is 0 Å². The van der Waals surface area contributed by atoms with Gasteiger partial charge >= 0.3 is 0 Å². The summed E-state index contributed by atoms with van der Waals surface area (Å²) in [5, 5.41) is 3.07. The molecule has 3 heteroatoms. The molecule has 1 aliphatic carbocycles. The molecule has 15 heavy (non-hydrogen) atoms. The molecular weight excluding hydrogens is 188 g/mol. The smallest absolute Gasteiger partial charge is 0.237 e. The Kier molecular flexibility index (Phi) is 4.58. The van der Waals surface area contributed by atoms with E-state index in [1.165, 1.54) is 12.8 Å². The van der Waals surface area contributed by atoms with E-state index < -0.39 is 0 Å². The van der Waals surface area contributed by atoms with Crippen LogP contribution in [-0.4, -0.2) is 18.0 Å². The molecule has 1 rings (SSSR count). The van der Waals surface area contributed by atoms with Crippen LogP contribution < -0.4 is 11.1 Å². The molecule has 0 aromatic carbocycles. The molecule has 0 spiro atoms. The van der Waals surface area contributed by atoms with Crippen LogP contribution in [-0.2, 0) is 4.79 Å². The number of hydrogen-bond acceptors (Lipinski definition) is 2. The lowest BCUT2D eigenvalue weighted by Crippen LogP contribution is -2.46. The zero-order valence-electron chi connectivity index (χ0n) is 10.1. The van der Waals surface area contributed by atoms with E-state index in [4.69, 9.17) is 5.73 Å². The summed E-state index contributed by atoms with van der Waals surface area (Å²) in [6.07, 6.45) is 4.34. The Bertz CT molecular complexity index is 216. The van der Waals surface area contributed by atoms with Gasteiger partial charge in [-0.05, 0) is 31.1 Å². The summed E-state index contributed by atoms with van der Waals surface area (Å²) < 4.78 is 0. The first-order valence-electron chi connectivity index (χ1n) is 6.06. The normalized spacial score (nSPS) is 28.1. The fourth-order valence-corrected chi connectivity index (χ4v) is 2.26. The van der Waals surface area contributed by atoms with E-state index in [1.54, 1.807) is 0 Å². The molecule has 0 bridgehead atoms. The van der Waals surface area contributed by atoms with Gasteiger partial charge in [0.05, 0.1) is 6.04 Å². The molecule has 0 heterocycles. The monoisotopic (exact) mass is 212 g/mol. The summed E-state index contributed by atoms with van der Waals surface area (Å²) in [6, 6.07) is 0.0218. The number of amides is 1. The summed E-state index contributed by atoms with van der Waals surface area (Å²) in [4.78, 5) is 11.7. The van der Waals surface area contributed by atoms with Crippen LogP contribution in [0.15, 0.2) is 0 Å². The number of carbonyl (C=O) groups is 1. The van der Waals surface area contributed by atoms with Gasteiger partial charge in [-0.1, -0.05) is 27.2 Å². The van der Waals surface area contributed by atoms with Gasteiger partial charge in [-0.3, -0.25) is 4.79 Å². The largest absolute Gasteiger partial charge is 0.352 e. The second-order valence-electron chi connectivity index (χ2n) is 5.26. The van der Waals surface area contributed by atoms with Crippen LogP contribution in [0.4, 0.5) is 0 Å². The van der Waals surface area contributed by atoms with Crippen molar-refractivity contribution in [1.82, 2.24) is 5.32 Å². The molecule has 0 radical (unpaired) electrons. The Morgan fingerprint density at radius 3 is 2.60 bits per heavy atom. The van der Waals surface area contributed by atoms with Crippen molar-refractivity contribution in [2.24, 2.45) is 17.6 Å². The van der Waals surface area contributed by atoms with Crippen LogP contribution in [0.1, 0.15) is 46.5 Å². The van der Waals surface area contributed by atoms with Gasteiger partial charge in [0.1, 0.15) is 0 Å². The first-order chi connectivity index (χ1) is 7.00. The van der Waals surface area contributed by atoms with Crippen molar-refractivity contribution >= 4 is 5.91 Å². The molecule has 3 nitrogen and oxygen atoms in total. The van der Waals surface area contributed by atoms with Crippen molar-refractivity contribution in [3.63, 3.8) is 0 Å². The van der Waals surface area contributed by atoms with Crippen LogP contribution in [0.3, 0.4) is 0 Å². The third kappa shape index (κ3) is 3.82. The molecule has 0 aliphatic heterocycles. The van der Waals surface area contributed by atoms with E-state index >= 15 is 0 Å². The Hall–Kier alpha value is -0.570. The van der Waals surface area contributed by atoms with Crippen molar-refractivity contribution < 1.29 is 4.79 Å². The van der Waals surface area contributed by atoms with Crippen LogP contribution in [0.25, 0.3) is 0 Å². The molecule has 0 aromatic rings. The van der Waals surface area contributed by atoms with Crippen molar-refractivity contribution in [1.29, 1.82) is 0 Å². The van der Waals surface area contributed by atoms with Crippen molar-refractivity contribution in [2.75, 3.05) is 0 Å². The minimum absolute atomic E-state index is 0.0300. The van der Waals surface area contributed by atoms with E-state index in [0.29, 0.717) is 17.9 Å². The molecule has 3 atom stereocenters. The van der Waals surface area contributed by atoms with Gasteiger partial charge in [0.25, 0.3) is 0 Å². The molecule has 0 aromatic heterocycles. The highest BCUT2D eigenvalue weighted by molar-refractivity contribution is 5.81. The highest BCUT2D eigenvalue weighted by Gasteiger charge is 2.26. The molecular formula is C12H24N2O. The van der Waals surface area contributed by atoms with Gasteiger partial charge in [0.2, 0.25) is 5.91 Å². The first-order valence-corrected chi connectivity index (χ1v) is 6.06. The summed E-state index contributed by atoms with van der Waals surface area (Å²) in [6.45, 7) is 6.38. The maximum atomic E-state index is 11.7. The van der Waals surface area contributed by atoms with Gasteiger partial charge < -0.3 is 11.1 Å². The van der Waals surface area contributed by atoms with E-state index in [-0.39, 0.29) is 11.9 Å². The average molecular weight is 212 g/mol. The summed E-state index contributed by atoms with van der Waals surface area (Å²) in [5.74, 6) is 1.12. The van der Waals surface area contributed by atoms with Crippen molar-refractivity contribution in [3.8, 4) is 0 Å². The number of nitrogens with one attached hydrogen (secondary N) is 1. The van der Waals surface area contributed by atoms with Crippen LogP contribution in [0, 0.1) is 11.8 Å². The second-order valence-corrected chi connectivity index (χ2v) is 5.26. The third-order valence-electron chi connectivity index (χ3n) is 3.25. The molecule has 1 aliphatic rings. The Morgan fingerprint density at radius 2 is 2.13 bits per heavy atom. The van der Waals surface area contributed by atoms with Crippen LogP contribution in [0.2, 0.25) is 0 Å². The van der Waals surface area contributed by atoms with E-state index in [2.05, 4.69) is 26.1 Å². The van der Waals surface area contributed by atoms with Gasteiger partial charge in [0.15, 0.2) is 0 Å². The zero-order valence-corrected chi connectivity index (χ0v) is 10.1. The summed E-state index contributed by atoms with van der Waals surface area (Å²) in [5.41, 5.74) is 5.83. The maximum absolute atomic E-state index is 11.7. The fourth-order valence-electron chi connectivity index (χ4n) is 2.26. The van der Waals surface area contributed by atoms with E-state index in [9.17, 15) is 4.79 Å². The van der Waals surface area contributed by atoms with Gasteiger partial charge in [-0.2, -0.15) is 0 Å². The topological polar surface area (TPSA) is 55.1 Å². The lowest BCUT2D eigenvalue weighted by atomic mass is 10.0. The third-order valence-corrected chi connectivity index (χ3v) is 3.25. The lowest BCUT2D eigenvalue weighted by Gasteiger charge is -2.21. The number of nitrogens with two attached hydrogens (primary N) is 1. The highest BCUT2D eigenvalue weighted by Crippen LogP contribution is 2.24. The Balaban J connectivity index is 2.34. The minimum Gasteiger partial charge on any atom is -0.352 e. The Morgan fingerprint density at radius 1 is 1.47 bits per heavy atom. The second kappa shape index (κ2) is 5.50. The number of carbonyl (C=O) groups excluding carboxylic acids is 1. The van der Waals surface area contributed by atoms with Gasteiger partial charge in [0, 0.05) is 6.04 Å². The van der Waals surface area contributed by atoms with Gasteiger partial charge in [-0.25, -0.2) is 0 Å². The quantitative estimate of drug-likeness (QED) is 0.744. The number of hydrogen-bond donors (Lipinski definition) is 2. The summed E-state index contributed by atoms with van der Waals surface area (Å²) in [7, 11) is 0. The van der Waals surface area contributed by atoms with E-state index in [1.807, 2.05) is 0 Å². The van der Waals surface area contributed by atoms with E-state index in [0.717, 1.165) is 12.8 Å². The highest BCUT2D eigenvalue weighted by atomic mass is 16.2. The molecule has 88 valence electrons. The molecule has 1 fully saturated rings. The SMILES string of the molecule is CC(C)C[C@H](N)C(=O)NC1CCCC1C. The summed E-state index contributed by atoms with van der Waals surface area (Å²) >= 11 is 0. The molecule has 0 saturated heterocycles. The zero-order chi connectivity index (χ0) is 11.4. The van der Waals surface area contributed by atoms with Crippen LogP contribution >= 0.6 is 0 Å². The minimum atomic E-state index is -0.335.